The second-order valence-corrected chi connectivity index (χ2v) is 4.59. The van der Waals surface area contributed by atoms with Gasteiger partial charge in [0.1, 0.15) is 0 Å². The largest absolute Gasteiger partial charge is 0.409 e. The zero-order valence-electron chi connectivity index (χ0n) is 8.62. The van der Waals surface area contributed by atoms with E-state index in [0.717, 1.165) is 6.54 Å². The molecule has 1 unspecified atom stereocenters. The van der Waals surface area contributed by atoms with Crippen molar-refractivity contribution in [3.63, 3.8) is 0 Å². The third-order valence-corrected chi connectivity index (χ3v) is 2.72. The predicted octanol–water partition coefficient (Wildman–Crippen LogP) is 0.853. The third kappa shape index (κ3) is 2.34. The van der Waals surface area contributed by atoms with Gasteiger partial charge < -0.3 is 10.9 Å². The summed E-state index contributed by atoms with van der Waals surface area (Å²) in [4.78, 5) is 2.26. The molecule has 1 aliphatic heterocycles. The molecule has 0 radical (unpaired) electrons. The molecule has 4 nitrogen and oxygen atoms in total. The molecule has 0 aliphatic carbocycles. The van der Waals surface area contributed by atoms with E-state index in [9.17, 15) is 0 Å². The smallest absolute Gasteiger partial charge is 0.153 e. The predicted molar refractivity (Wildman–Crippen MR) is 52.8 cm³/mol. The van der Waals surface area contributed by atoms with Gasteiger partial charge in [0.25, 0.3) is 0 Å². The zero-order chi connectivity index (χ0) is 10.1. The first-order valence-corrected chi connectivity index (χ1v) is 4.67. The van der Waals surface area contributed by atoms with Gasteiger partial charge in [0.2, 0.25) is 0 Å². The summed E-state index contributed by atoms with van der Waals surface area (Å²) in [5.74, 6) is 0.990. The average Bonchev–Trinajstić information content (AvgIpc) is 2.24. The summed E-state index contributed by atoms with van der Waals surface area (Å²) in [6.45, 7) is 8.22. The van der Waals surface area contributed by atoms with Crippen molar-refractivity contribution < 1.29 is 5.21 Å². The minimum Gasteiger partial charge on any atom is -0.409 e. The van der Waals surface area contributed by atoms with Crippen molar-refractivity contribution in [3.05, 3.63) is 0 Å². The summed E-state index contributed by atoms with van der Waals surface area (Å²) in [7, 11) is 0. The van der Waals surface area contributed by atoms with Crippen LogP contribution in [0.3, 0.4) is 0 Å². The van der Waals surface area contributed by atoms with E-state index < -0.39 is 0 Å². The molecule has 0 bridgehead atoms. The number of nitrogens with zero attached hydrogens (tertiary/aromatic N) is 2. The lowest BCUT2D eigenvalue weighted by molar-refractivity contribution is 0.197. The summed E-state index contributed by atoms with van der Waals surface area (Å²) >= 11 is 0. The quantitative estimate of drug-likeness (QED) is 0.290. The Morgan fingerprint density at radius 1 is 1.69 bits per heavy atom. The van der Waals surface area contributed by atoms with Crippen molar-refractivity contribution in [2.45, 2.75) is 32.7 Å². The minimum absolute atomic E-state index is 0.175. The van der Waals surface area contributed by atoms with Crippen LogP contribution in [0.4, 0.5) is 0 Å². The van der Waals surface area contributed by atoms with E-state index >= 15 is 0 Å². The molecule has 1 aliphatic rings. The number of oxime groups is 1. The first-order valence-electron chi connectivity index (χ1n) is 4.67. The molecular weight excluding hydrogens is 166 g/mol. The number of likely N-dealkylation sites (tertiary alicyclic amines) is 1. The highest BCUT2D eigenvalue weighted by molar-refractivity contribution is 5.81. The molecule has 1 saturated heterocycles. The molecule has 0 aromatic carbocycles. The lowest BCUT2D eigenvalue weighted by atomic mass is 9.98. The molecule has 1 atom stereocenters. The second-order valence-electron chi connectivity index (χ2n) is 4.59. The average molecular weight is 185 g/mol. The van der Waals surface area contributed by atoms with Gasteiger partial charge in [-0.25, -0.2) is 0 Å². The number of nitrogens with two attached hydrogens (primary N) is 1. The van der Waals surface area contributed by atoms with Gasteiger partial charge >= 0.3 is 0 Å². The maximum absolute atomic E-state index is 8.47. The highest BCUT2D eigenvalue weighted by atomic mass is 16.4. The van der Waals surface area contributed by atoms with Crippen LogP contribution in [0.15, 0.2) is 5.16 Å². The van der Waals surface area contributed by atoms with E-state index in [4.69, 9.17) is 10.9 Å². The van der Waals surface area contributed by atoms with Gasteiger partial charge in [0.05, 0.1) is 6.54 Å². The van der Waals surface area contributed by atoms with Gasteiger partial charge in [0, 0.05) is 12.1 Å². The molecule has 76 valence electrons. The molecule has 13 heavy (non-hydrogen) atoms. The molecule has 3 N–H and O–H groups in total. The summed E-state index contributed by atoms with van der Waals surface area (Å²) in [5.41, 5.74) is 5.65. The van der Waals surface area contributed by atoms with Crippen molar-refractivity contribution in [2.24, 2.45) is 16.8 Å². The maximum atomic E-state index is 8.47. The van der Waals surface area contributed by atoms with Gasteiger partial charge in [-0.05, 0) is 26.2 Å². The van der Waals surface area contributed by atoms with E-state index in [1.807, 2.05) is 0 Å². The van der Waals surface area contributed by atoms with Crippen molar-refractivity contribution in [1.82, 2.24) is 4.90 Å². The summed E-state index contributed by atoms with van der Waals surface area (Å²) < 4.78 is 0. The van der Waals surface area contributed by atoms with E-state index in [-0.39, 0.29) is 5.54 Å². The van der Waals surface area contributed by atoms with Gasteiger partial charge in [-0.1, -0.05) is 12.1 Å². The Hall–Kier alpha value is -0.770. The third-order valence-electron chi connectivity index (χ3n) is 2.72. The van der Waals surface area contributed by atoms with E-state index in [0.29, 0.717) is 18.3 Å². The molecule has 0 spiro atoms. The van der Waals surface area contributed by atoms with Crippen LogP contribution in [0.5, 0.6) is 0 Å². The van der Waals surface area contributed by atoms with Crippen LogP contribution in [0, 0.1) is 5.92 Å². The first kappa shape index (κ1) is 10.3. The maximum Gasteiger partial charge on any atom is 0.153 e. The zero-order valence-corrected chi connectivity index (χ0v) is 8.62. The van der Waals surface area contributed by atoms with Crippen LogP contribution >= 0.6 is 0 Å². The van der Waals surface area contributed by atoms with E-state index in [2.05, 4.69) is 30.8 Å². The Morgan fingerprint density at radius 2 is 2.31 bits per heavy atom. The van der Waals surface area contributed by atoms with Crippen molar-refractivity contribution in [3.8, 4) is 0 Å². The molecule has 0 aromatic rings. The Balaban J connectivity index is 2.60. The summed E-state index contributed by atoms with van der Waals surface area (Å²) in [5, 5.41) is 11.5. The first-order chi connectivity index (χ1) is 5.95. The van der Waals surface area contributed by atoms with Gasteiger partial charge in [0.15, 0.2) is 5.84 Å². The normalized spacial score (nSPS) is 29.5. The number of rotatable bonds is 2. The van der Waals surface area contributed by atoms with Crippen LogP contribution in [-0.4, -0.2) is 34.6 Å². The Kier molecular flexibility index (Phi) is 2.81. The van der Waals surface area contributed by atoms with Crippen LogP contribution in [0.25, 0.3) is 0 Å². The van der Waals surface area contributed by atoms with E-state index in [1.165, 1.54) is 6.42 Å². The van der Waals surface area contributed by atoms with Crippen LogP contribution < -0.4 is 5.73 Å². The van der Waals surface area contributed by atoms with Crippen LogP contribution in [-0.2, 0) is 0 Å². The van der Waals surface area contributed by atoms with Crippen LogP contribution in [0.2, 0.25) is 0 Å². The lowest BCUT2D eigenvalue weighted by Crippen LogP contribution is -2.43. The Morgan fingerprint density at radius 3 is 2.69 bits per heavy atom. The molecule has 0 saturated carbocycles. The van der Waals surface area contributed by atoms with Crippen LogP contribution in [0.1, 0.15) is 27.2 Å². The van der Waals surface area contributed by atoms with E-state index in [1.54, 1.807) is 0 Å². The molecule has 0 aromatic heterocycles. The standard InChI is InChI=1S/C9H19N3O/c1-7-4-9(2,3)12(5-7)6-8(10)11-13/h7,13H,4-6H2,1-3H3,(H2,10,11). The van der Waals surface area contributed by atoms with Crippen molar-refractivity contribution in [1.29, 1.82) is 0 Å². The fraction of sp³-hybridized carbons (Fsp3) is 0.889. The SMILES string of the molecule is CC1CN(C/C(N)=N/O)C(C)(C)C1. The molecule has 1 fully saturated rings. The fourth-order valence-corrected chi connectivity index (χ4v) is 2.18. The van der Waals surface area contributed by atoms with Gasteiger partial charge in [-0.15, -0.1) is 0 Å². The minimum atomic E-state index is 0.175. The summed E-state index contributed by atoms with van der Waals surface area (Å²) in [6, 6.07) is 0. The van der Waals surface area contributed by atoms with Crippen molar-refractivity contribution >= 4 is 5.84 Å². The number of hydrogen-bond acceptors (Lipinski definition) is 3. The monoisotopic (exact) mass is 185 g/mol. The molecule has 4 heteroatoms. The topological polar surface area (TPSA) is 61.8 Å². The highest BCUT2D eigenvalue weighted by Crippen LogP contribution is 2.31. The lowest BCUT2D eigenvalue weighted by Gasteiger charge is -2.30. The van der Waals surface area contributed by atoms with Gasteiger partial charge in [-0.2, -0.15) is 0 Å². The highest BCUT2D eigenvalue weighted by Gasteiger charge is 2.36. The number of amidine groups is 1. The van der Waals surface area contributed by atoms with Gasteiger partial charge in [-0.3, -0.25) is 4.90 Å². The molecule has 1 rings (SSSR count). The Labute approximate surface area is 79.4 Å². The number of hydrogen-bond donors (Lipinski definition) is 2. The fourth-order valence-electron chi connectivity index (χ4n) is 2.18. The summed E-state index contributed by atoms with van der Waals surface area (Å²) in [6.07, 6.45) is 1.17. The second kappa shape index (κ2) is 3.54. The Bertz CT molecular complexity index is 213. The molecule has 0 amide bonds. The van der Waals surface area contributed by atoms with Crippen molar-refractivity contribution in [2.75, 3.05) is 13.1 Å². The molecular formula is C9H19N3O. The molecule has 1 heterocycles.